The summed E-state index contributed by atoms with van der Waals surface area (Å²) >= 11 is 1.69. The molecule has 1 aliphatic heterocycles. The predicted octanol–water partition coefficient (Wildman–Crippen LogP) is 3.44. The number of benzene rings is 1. The van der Waals surface area contributed by atoms with Crippen molar-refractivity contribution in [2.75, 3.05) is 20.4 Å². The van der Waals surface area contributed by atoms with Crippen LogP contribution < -0.4 is 20.1 Å². The molecular formula is C18H25IN4O2S. The number of nitrogens with zero attached hydrogens (tertiary/aromatic N) is 2. The summed E-state index contributed by atoms with van der Waals surface area (Å²) in [5.41, 5.74) is 1.10. The van der Waals surface area contributed by atoms with Crippen LogP contribution >= 0.6 is 35.3 Å². The zero-order valence-corrected chi connectivity index (χ0v) is 18.6. The Labute approximate surface area is 175 Å². The van der Waals surface area contributed by atoms with Crippen LogP contribution in [0.25, 0.3) is 0 Å². The summed E-state index contributed by atoms with van der Waals surface area (Å²) in [5, 5.41) is 7.75. The monoisotopic (exact) mass is 488 g/mol. The summed E-state index contributed by atoms with van der Waals surface area (Å²) < 4.78 is 10.9. The van der Waals surface area contributed by atoms with Gasteiger partial charge < -0.3 is 20.1 Å². The van der Waals surface area contributed by atoms with E-state index in [2.05, 4.69) is 53.5 Å². The average molecular weight is 488 g/mol. The summed E-state index contributed by atoms with van der Waals surface area (Å²) in [6.07, 6.45) is 1.89. The van der Waals surface area contributed by atoms with Crippen molar-refractivity contribution in [2.45, 2.75) is 32.7 Å². The van der Waals surface area contributed by atoms with Crippen LogP contribution in [0.3, 0.4) is 0 Å². The molecule has 0 aliphatic carbocycles. The largest absolute Gasteiger partial charge is 0.454 e. The van der Waals surface area contributed by atoms with E-state index in [-0.39, 0.29) is 29.4 Å². The Hall–Kier alpha value is -1.55. The average Bonchev–Trinajstić information content (AvgIpc) is 3.22. The second-order valence-electron chi connectivity index (χ2n) is 6.60. The summed E-state index contributed by atoms with van der Waals surface area (Å²) in [5.74, 6) is 2.39. The first-order chi connectivity index (χ1) is 12.0. The van der Waals surface area contributed by atoms with Crippen LogP contribution in [0.2, 0.25) is 0 Å². The number of nitrogens with one attached hydrogen (secondary N) is 2. The molecule has 0 spiro atoms. The van der Waals surface area contributed by atoms with Gasteiger partial charge in [-0.3, -0.25) is 4.99 Å². The van der Waals surface area contributed by atoms with Gasteiger partial charge in [-0.2, -0.15) is 0 Å². The number of aryl methyl sites for hydroxylation is 1. The van der Waals surface area contributed by atoms with Crippen molar-refractivity contribution >= 4 is 41.3 Å². The molecule has 8 heteroatoms. The number of guanidine groups is 1. The summed E-state index contributed by atoms with van der Waals surface area (Å²) in [4.78, 5) is 9.86. The zero-order valence-electron chi connectivity index (χ0n) is 15.5. The lowest BCUT2D eigenvalue weighted by Gasteiger charge is -2.27. The van der Waals surface area contributed by atoms with Gasteiger partial charge in [0.1, 0.15) is 5.01 Å². The standard InChI is InChI=1S/C18H24N4O2S.HI/c1-12-8-20-16(25-12)9-21-17(19-4)22-10-18(2,3)13-5-6-14-15(7-13)24-11-23-14;/h5-8H,9-11H2,1-4H3,(H2,19,21,22);1H. The molecule has 0 amide bonds. The minimum absolute atomic E-state index is 0. The van der Waals surface area contributed by atoms with Gasteiger partial charge in [0.15, 0.2) is 17.5 Å². The van der Waals surface area contributed by atoms with Crippen molar-refractivity contribution in [2.24, 2.45) is 4.99 Å². The molecule has 0 saturated heterocycles. The molecule has 0 fully saturated rings. The second kappa shape index (κ2) is 8.90. The molecule has 26 heavy (non-hydrogen) atoms. The van der Waals surface area contributed by atoms with Gasteiger partial charge in [-0.15, -0.1) is 35.3 Å². The number of rotatable bonds is 5. The van der Waals surface area contributed by atoms with Crippen molar-refractivity contribution in [3.63, 3.8) is 0 Å². The molecule has 0 bridgehead atoms. The van der Waals surface area contributed by atoms with Crippen LogP contribution in [0.4, 0.5) is 0 Å². The van der Waals surface area contributed by atoms with Crippen molar-refractivity contribution in [1.82, 2.24) is 15.6 Å². The lowest BCUT2D eigenvalue weighted by molar-refractivity contribution is 0.174. The Morgan fingerprint density at radius 1 is 1.27 bits per heavy atom. The molecule has 0 atom stereocenters. The van der Waals surface area contributed by atoms with Gasteiger partial charge in [0.2, 0.25) is 6.79 Å². The van der Waals surface area contributed by atoms with Gasteiger partial charge in [0, 0.05) is 30.1 Å². The zero-order chi connectivity index (χ0) is 17.9. The highest BCUT2D eigenvalue weighted by Crippen LogP contribution is 2.36. The summed E-state index contributed by atoms with van der Waals surface area (Å²) in [7, 11) is 1.77. The first kappa shape index (κ1) is 20.8. The number of halogens is 1. The maximum atomic E-state index is 5.49. The van der Waals surface area contributed by atoms with E-state index in [1.165, 1.54) is 10.4 Å². The van der Waals surface area contributed by atoms with E-state index >= 15 is 0 Å². The van der Waals surface area contributed by atoms with E-state index in [0.29, 0.717) is 13.3 Å². The molecule has 1 aromatic heterocycles. The SMILES string of the molecule is CN=C(NCc1ncc(C)s1)NCC(C)(C)c1ccc2c(c1)OCO2.I. The molecule has 0 radical (unpaired) electrons. The number of ether oxygens (including phenoxy) is 2. The third-order valence-electron chi connectivity index (χ3n) is 4.15. The minimum atomic E-state index is -0.0869. The number of thiazole rings is 1. The van der Waals surface area contributed by atoms with Crippen LogP contribution in [0, 0.1) is 6.92 Å². The van der Waals surface area contributed by atoms with Gasteiger partial charge >= 0.3 is 0 Å². The molecule has 3 rings (SSSR count). The van der Waals surface area contributed by atoms with Gasteiger partial charge in [-0.25, -0.2) is 4.98 Å². The molecule has 2 N–H and O–H groups in total. The number of hydrogen-bond donors (Lipinski definition) is 2. The minimum Gasteiger partial charge on any atom is -0.454 e. The quantitative estimate of drug-likeness (QED) is 0.384. The van der Waals surface area contributed by atoms with E-state index in [1.807, 2.05) is 12.3 Å². The molecule has 0 saturated carbocycles. The third kappa shape index (κ3) is 5.00. The van der Waals surface area contributed by atoms with Crippen LogP contribution in [0.15, 0.2) is 29.4 Å². The van der Waals surface area contributed by atoms with Crippen molar-refractivity contribution in [3.05, 3.63) is 39.8 Å². The molecular weight excluding hydrogens is 463 g/mol. The molecule has 2 aromatic rings. The molecule has 2 heterocycles. The fraction of sp³-hybridized carbons (Fsp3) is 0.444. The first-order valence-corrected chi connectivity index (χ1v) is 9.05. The van der Waals surface area contributed by atoms with E-state index < -0.39 is 0 Å². The second-order valence-corrected chi connectivity index (χ2v) is 7.92. The van der Waals surface area contributed by atoms with Crippen molar-refractivity contribution in [1.29, 1.82) is 0 Å². The van der Waals surface area contributed by atoms with E-state index in [9.17, 15) is 0 Å². The summed E-state index contributed by atoms with van der Waals surface area (Å²) in [6, 6.07) is 6.11. The maximum Gasteiger partial charge on any atom is 0.231 e. The molecule has 0 unspecified atom stereocenters. The Morgan fingerprint density at radius 3 is 2.73 bits per heavy atom. The topological polar surface area (TPSA) is 67.8 Å². The normalized spacial score (nSPS) is 13.3. The predicted molar refractivity (Wildman–Crippen MR) is 116 cm³/mol. The Bertz CT molecular complexity index is 776. The highest BCUT2D eigenvalue weighted by molar-refractivity contribution is 14.0. The van der Waals surface area contributed by atoms with Crippen LogP contribution in [-0.4, -0.2) is 31.3 Å². The number of aliphatic imine (C=N–C) groups is 1. The smallest absolute Gasteiger partial charge is 0.231 e. The lowest BCUT2D eigenvalue weighted by Crippen LogP contribution is -2.43. The van der Waals surface area contributed by atoms with Crippen molar-refractivity contribution < 1.29 is 9.47 Å². The van der Waals surface area contributed by atoms with Crippen LogP contribution in [0.5, 0.6) is 11.5 Å². The highest BCUT2D eigenvalue weighted by Gasteiger charge is 2.24. The van der Waals surface area contributed by atoms with E-state index in [4.69, 9.17) is 9.47 Å². The molecule has 1 aromatic carbocycles. The molecule has 1 aliphatic rings. The summed E-state index contributed by atoms with van der Waals surface area (Å²) in [6.45, 7) is 8.14. The molecule has 6 nitrogen and oxygen atoms in total. The van der Waals surface area contributed by atoms with E-state index in [1.54, 1.807) is 18.4 Å². The van der Waals surface area contributed by atoms with Crippen LogP contribution in [0.1, 0.15) is 29.3 Å². The van der Waals surface area contributed by atoms with Crippen molar-refractivity contribution in [3.8, 4) is 11.5 Å². The van der Waals surface area contributed by atoms with Gasteiger partial charge in [-0.05, 0) is 24.6 Å². The fourth-order valence-corrected chi connectivity index (χ4v) is 3.31. The Kier molecular flexibility index (Phi) is 7.10. The molecule has 142 valence electrons. The lowest BCUT2D eigenvalue weighted by atomic mass is 9.84. The Morgan fingerprint density at radius 2 is 2.04 bits per heavy atom. The number of aromatic nitrogens is 1. The highest BCUT2D eigenvalue weighted by atomic mass is 127. The van der Waals surface area contributed by atoms with Gasteiger partial charge in [0.05, 0.1) is 6.54 Å². The van der Waals surface area contributed by atoms with E-state index in [0.717, 1.165) is 29.0 Å². The first-order valence-electron chi connectivity index (χ1n) is 8.24. The van der Waals surface area contributed by atoms with Gasteiger partial charge in [-0.1, -0.05) is 19.9 Å². The Balaban J connectivity index is 0.00000243. The third-order valence-corrected chi connectivity index (χ3v) is 5.06. The number of hydrogen-bond acceptors (Lipinski definition) is 5. The fourth-order valence-electron chi connectivity index (χ4n) is 2.59. The van der Waals surface area contributed by atoms with Crippen LogP contribution in [-0.2, 0) is 12.0 Å². The van der Waals surface area contributed by atoms with Gasteiger partial charge in [0.25, 0.3) is 0 Å². The number of fused-ring (bicyclic) bond motifs is 1. The maximum absolute atomic E-state index is 5.49.